The molecule has 5 unspecified atom stereocenters. The molecule has 1 aliphatic heterocycles. The van der Waals surface area contributed by atoms with Gasteiger partial charge in [-0.05, 0) is 6.07 Å². The third-order valence-electron chi connectivity index (χ3n) is 3.40. The molecule has 0 radical (unpaired) electrons. The van der Waals surface area contributed by atoms with Crippen molar-refractivity contribution < 1.29 is 34.6 Å². The maximum absolute atomic E-state index is 11.1. The standard InChI is InChI=1S/C12H13ClN2O9/c13-9-11(18)10(17)8(4-16)24-12(9)23-7-2-1-5(14(19)20)3-6(7)15(21)22/h1-3,8-12,16-18H,4H2. The summed E-state index contributed by atoms with van der Waals surface area (Å²) in [5.74, 6) is -0.374. The van der Waals surface area contributed by atoms with Crippen molar-refractivity contribution in [3.8, 4) is 5.75 Å². The van der Waals surface area contributed by atoms with Crippen LogP contribution in [0, 0.1) is 20.2 Å². The molecule has 5 atom stereocenters. The van der Waals surface area contributed by atoms with Crippen LogP contribution in [-0.2, 0) is 4.74 Å². The Labute approximate surface area is 139 Å². The van der Waals surface area contributed by atoms with Crippen LogP contribution in [0.1, 0.15) is 0 Å². The molecule has 1 aliphatic rings. The van der Waals surface area contributed by atoms with Gasteiger partial charge in [-0.1, -0.05) is 0 Å². The summed E-state index contributed by atoms with van der Waals surface area (Å²) in [6.45, 7) is -0.649. The molecule has 1 aromatic rings. The van der Waals surface area contributed by atoms with E-state index in [-0.39, 0.29) is 5.75 Å². The second-order valence-corrected chi connectivity index (χ2v) is 5.44. The number of non-ortho nitro benzene ring substituents is 1. The number of halogens is 1. The van der Waals surface area contributed by atoms with E-state index >= 15 is 0 Å². The van der Waals surface area contributed by atoms with Gasteiger partial charge in [0, 0.05) is 6.07 Å². The Balaban J connectivity index is 2.29. The molecule has 11 nitrogen and oxygen atoms in total. The minimum absolute atomic E-state index is 0.374. The van der Waals surface area contributed by atoms with E-state index in [1.54, 1.807) is 0 Å². The van der Waals surface area contributed by atoms with Crippen LogP contribution in [0.5, 0.6) is 5.75 Å². The monoisotopic (exact) mass is 364 g/mol. The quantitative estimate of drug-likeness (QED) is 0.368. The van der Waals surface area contributed by atoms with Crippen molar-refractivity contribution in [3.63, 3.8) is 0 Å². The smallest absolute Gasteiger partial charge is 0.317 e. The van der Waals surface area contributed by atoms with Crippen LogP contribution in [0.25, 0.3) is 0 Å². The van der Waals surface area contributed by atoms with Crippen LogP contribution < -0.4 is 4.74 Å². The Bertz CT molecular complexity index is 641. The molecule has 0 spiro atoms. The summed E-state index contributed by atoms with van der Waals surface area (Å²) in [4.78, 5) is 20.1. The van der Waals surface area contributed by atoms with Crippen molar-refractivity contribution in [1.29, 1.82) is 0 Å². The number of ether oxygens (including phenoxy) is 2. The SMILES string of the molecule is O=[N+]([O-])c1ccc(OC2OC(CO)C(O)C(O)C2Cl)c([N+](=O)[O-])c1. The van der Waals surface area contributed by atoms with Crippen LogP contribution >= 0.6 is 11.6 Å². The number of nitro benzene ring substituents is 2. The third-order valence-corrected chi connectivity index (χ3v) is 3.86. The van der Waals surface area contributed by atoms with E-state index in [0.717, 1.165) is 12.1 Å². The fourth-order valence-electron chi connectivity index (χ4n) is 2.13. The van der Waals surface area contributed by atoms with E-state index < -0.39 is 57.8 Å². The van der Waals surface area contributed by atoms with Gasteiger partial charge in [-0.3, -0.25) is 20.2 Å². The Kier molecular flexibility index (Phi) is 5.51. The molecule has 1 aromatic carbocycles. The molecule has 0 amide bonds. The first kappa shape index (κ1) is 18.3. The molecule has 1 saturated heterocycles. The number of aliphatic hydroxyl groups excluding tert-OH is 3. The number of rotatable bonds is 5. The fraction of sp³-hybridized carbons (Fsp3) is 0.500. The lowest BCUT2D eigenvalue weighted by atomic mass is 10.0. The molecule has 3 N–H and O–H groups in total. The number of nitro groups is 2. The summed E-state index contributed by atoms with van der Waals surface area (Å²) in [7, 11) is 0. The van der Waals surface area contributed by atoms with Crippen molar-refractivity contribution >= 4 is 23.0 Å². The maximum Gasteiger partial charge on any atom is 0.317 e. The van der Waals surface area contributed by atoms with Gasteiger partial charge in [-0.15, -0.1) is 11.6 Å². The number of alkyl halides is 1. The minimum atomic E-state index is -1.51. The first-order chi connectivity index (χ1) is 11.3. The molecule has 1 heterocycles. The molecule has 0 saturated carbocycles. The van der Waals surface area contributed by atoms with Gasteiger partial charge >= 0.3 is 5.69 Å². The van der Waals surface area contributed by atoms with Crippen molar-refractivity contribution in [2.75, 3.05) is 6.61 Å². The molecule has 0 aliphatic carbocycles. The number of hydrogen-bond donors (Lipinski definition) is 3. The Morgan fingerprint density at radius 1 is 1.21 bits per heavy atom. The van der Waals surface area contributed by atoms with Gasteiger partial charge in [-0.25, -0.2) is 0 Å². The predicted molar refractivity (Wildman–Crippen MR) is 77.8 cm³/mol. The number of benzene rings is 1. The van der Waals surface area contributed by atoms with E-state index in [1.165, 1.54) is 0 Å². The zero-order chi connectivity index (χ0) is 18.0. The predicted octanol–water partition coefficient (Wildman–Crippen LogP) is -0.0718. The highest BCUT2D eigenvalue weighted by Crippen LogP contribution is 2.34. The van der Waals surface area contributed by atoms with E-state index in [0.29, 0.717) is 6.07 Å². The number of aliphatic hydroxyl groups is 3. The van der Waals surface area contributed by atoms with E-state index in [1.807, 2.05) is 0 Å². The Morgan fingerprint density at radius 2 is 1.88 bits per heavy atom. The van der Waals surface area contributed by atoms with Gasteiger partial charge in [0.15, 0.2) is 0 Å². The normalized spacial score (nSPS) is 29.9. The van der Waals surface area contributed by atoms with Crippen LogP contribution in [0.2, 0.25) is 0 Å². The summed E-state index contributed by atoms with van der Waals surface area (Å²) < 4.78 is 10.4. The molecule has 12 heteroatoms. The van der Waals surface area contributed by atoms with Crippen molar-refractivity contribution in [2.24, 2.45) is 0 Å². The summed E-state index contributed by atoms with van der Waals surface area (Å²) in [6, 6.07) is 2.69. The highest BCUT2D eigenvalue weighted by atomic mass is 35.5. The fourth-order valence-corrected chi connectivity index (χ4v) is 2.39. The summed E-state index contributed by atoms with van der Waals surface area (Å²) >= 11 is 5.89. The number of hydrogen-bond acceptors (Lipinski definition) is 9. The summed E-state index contributed by atoms with van der Waals surface area (Å²) in [6.07, 6.45) is -5.62. The lowest BCUT2D eigenvalue weighted by molar-refractivity contribution is -0.395. The van der Waals surface area contributed by atoms with Gasteiger partial charge in [0.05, 0.1) is 22.5 Å². The van der Waals surface area contributed by atoms with Crippen LogP contribution in [0.4, 0.5) is 11.4 Å². The van der Waals surface area contributed by atoms with Gasteiger partial charge in [-0.2, -0.15) is 0 Å². The zero-order valence-corrected chi connectivity index (χ0v) is 12.6. The minimum Gasteiger partial charge on any atom is -0.456 e. The lowest BCUT2D eigenvalue weighted by Gasteiger charge is -2.39. The highest BCUT2D eigenvalue weighted by molar-refractivity contribution is 6.21. The maximum atomic E-state index is 11.1. The molecule has 24 heavy (non-hydrogen) atoms. The average Bonchev–Trinajstić information content (AvgIpc) is 2.55. The molecule has 0 bridgehead atoms. The lowest BCUT2D eigenvalue weighted by Crippen LogP contribution is -2.58. The van der Waals surface area contributed by atoms with Crippen molar-refractivity contribution in [2.45, 2.75) is 30.0 Å². The van der Waals surface area contributed by atoms with Crippen LogP contribution in [0.15, 0.2) is 18.2 Å². The van der Waals surface area contributed by atoms with Crippen LogP contribution in [0.3, 0.4) is 0 Å². The summed E-state index contributed by atoms with van der Waals surface area (Å²) in [5.41, 5.74) is -1.21. The largest absolute Gasteiger partial charge is 0.456 e. The van der Waals surface area contributed by atoms with Gasteiger partial charge in [0.1, 0.15) is 23.7 Å². The Morgan fingerprint density at radius 3 is 2.42 bits per heavy atom. The number of nitrogens with zero attached hydrogens (tertiary/aromatic N) is 2. The van der Waals surface area contributed by atoms with Gasteiger partial charge in [0.25, 0.3) is 5.69 Å². The molecule has 0 aromatic heterocycles. The van der Waals surface area contributed by atoms with Gasteiger partial charge in [0.2, 0.25) is 12.0 Å². The first-order valence-corrected chi connectivity index (χ1v) is 7.06. The van der Waals surface area contributed by atoms with E-state index in [4.69, 9.17) is 26.2 Å². The average molecular weight is 365 g/mol. The van der Waals surface area contributed by atoms with Crippen molar-refractivity contribution in [3.05, 3.63) is 38.4 Å². The highest BCUT2D eigenvalue weighted by Gasteiger charge is 2.45. The molecular weight excluding hydrogens is 352 g/mol. The van der Waals surface area contributed by atoms with Gasteiger partial charge < -0.3 is 24.8 Å². The van der Waals surface area contributed by atoms with Crippen molar-refractivity contribution in [1.82, 2.24) is 0 Å². The molecule has 2 rings (SSSR count). The first-order valence-electron chi connectivity index (χ1n) is 6.62. The summed E-state index contributed by atoms with van der Waals surface area (Å²) in [5, 5.41) is 49.1. The van der Waals surface area contributed by atoms with E-state index in [2.05, 4.69) is 0 Å². The van der Waals surface area contributed by atoms with Crippen LogP contribution in [-0.4, -0.2) is 61.8 Å². The van der Waals surface area contributed by atoms with E-state index in [9.17, 15) is 30.4 Å². The molecule has 132 valence electrons. The third kappa shape index (κ3) is 3.55. The second-order valence-electron chi connectivity index (χ2n) is 4.94. The molecular formula is C12H13ClN2O9. The topological polar surface area (TPSA) is 165 Å². The molecule has 1 fully saturated rings. The second kappa shape index (κ2) is 7.23. The Hall–Kier alpha value is -2.05. The zero-order valence-electron chi connectivity index (χ0n) is 11.9.